The lowest BCUT2D eigenvalue weighted by atomic mass is 9.86. The number of anilines is 2. The predicted octanol–water partition coefficient (Wildman–Crippen LogP) is 2.85. The van der Waals surface area contributed by atoms with Gasteiger partial charge in [-0.15, -0.1) is 0 Å². The molecule has 0 unspecified atom stereocenters. The van der Waals surface area contributed by atoms with Crippen molar-refractivity contribution in [3.63, 3.8) is 0 Å². The first kappa shape index (κ1) is 18.6. The van der Waals surface area contributed by atoms with E-state index in [2.05, 4.69) is 15.4 Å². The molecule has 0 amide bonds. The molecule has 0 bridgehead atoms. The molecule has 0 atom stereocenters. The van der Waals surface area contributed by atoms with Crippen molar-refractivity contribution >= 4 is 34.0 Å². The van der Waals surface area contributed by atoms with Gasteiger partial charge in [0, 0.05) is 43.4 Å². The number of morpholine rings is 1. The zero-order chi connectivity index (χ0) is 20.7. The number of hydrogen-bond acceptors (Lipinski definition) is 8. The van der Waals surface area contributed by atoms with Crippen LogP contribution in [0, 0.1) is 0 Å². The normalized spacial score (nSPS) is 15.2. The van der Waals surface area contributed by atoms with Crippen LogP contribution in [0.15, 0.2) is 34.9 Å². The van der Waals surface area contributed by atoms with Crippen LogP contribution in [-0.2, 0) is 14.3 Å². The average Bonchev–Trinajstić information content (AvgIpc) is 3.21. The number of nitrogens with zero attached hydrogens (tertiary/aromatic N) is 2. The van der Waals surface area contributed by atoms with E-state index in [9.17, 15) is 9.59 Å². The molecule has 3 aromatic rings. The van der Waals surface area contributed by atoms with Gasteiger partial charge < -0.3 is 24.2 Å². The maximum atomic E-state index is 13.4. The van der Waals surface area contributed by atoms with E-state index >= 15 is 0 Å². The second-order valence-corrected chi connectivity index (χ2v) is 7.29. The lowest BCUT2D eigenvalue weighted by molar-refractivity contribution is -0.140. The molecule has 0 saturated carbocycles. The summed E-state index contributed by atoms with van der Waals surface area (Å²) in [5.41, 5.74) is 4.14. The monoisotopic (exact) mass is 407 g/mol. The molecule has 0 spiro atoms. The lowest BCUT2D eigenvalue weighted by Crippen LogP contribution is -2.36. The molecule has 154 valence electrons. The van der Waals surface area contributed by atoms with E-state index in [4.69, 9.17) is 14.0 Å². The van der Waals surface area contributed by atoms with E-state index in [0.717, 1.165) is 29.7 Å². The summed E-state index contributed by atoms with van der Waals surface area (Å²) in [5, 5.41) is 8.35. The van der Waals surface area contributed by atoms with Crippen molar-refractivity contribution in [1.82, 2.24) is 5.16 Å². The van der Waals surface area contributed by atoms with E-state index < -0.39 is 0 Å². The van der Waals surface area contributed by atoms with Gasteiger partial charge in [-0.2, -0.15) is 0 Å². The summed E-state index contributed by atoms with van der Waals surface area (Å²) in [5.74, 6) is 0.192. The Kier molecular flexibility index (Phi) is 4.63. The van der Waals surface area contributed by atoms with Gasteiger partial charge in [0.05, 0.1) is 29.9 Å². The Bertz CT molecular complexity index is 1150. The number of esters is 1. The molecule has 2 aromatic carbocycles. The number of benzene rings is 2. The molecule has 2 heterocycles. The van der Waals surface area contributed by atoms with Gasteiger partial charge in [0.1, 0.15) is 12.1 Å². The van der Waals surface area contributed by atoms with Crippen LogP contribution in [0.3, 0.4) is 0 Å². The van der Waals surface area contributed by atoms with Crippen LogP contribution in [0.5, 0.6) is 0 Å². The van der Waals surface area contributed by atoms with Crippen LogP contribution in [0.2, 0.25) is 0 Å². The standard InChI is InChI=1S/C22H21N3O5/c1-13(26)29-9-6-23-16-12-17(25-7-10-28-11-8-25)20-19-18(16)21(27)14-4-2-3-5-15(14)22(19)30-24-20/h2-5,12,23H,6-11H2,1H3. The largest absolute Gasteiger partial charge is 0.464 e. The number of nitrogens with one attached hydrogen (secondary N) is 1. The molecule has 8 nitrogen and oxygen atoms in total. The fourth-order valence-corrected chi connectivity index (χ4v) is 4.11. The zero-order valence-electron chi connectivity index (χ0n) is 16.6. The minimum atomic E-state index is -0.339. The molecule has 1 fully saturated rings. The van der Waals surface area contributed by atoms with Crippen LogP contribution >= 0.6 is 0 Å². The number of rotatable bonds is 5. The van der Waals surface area contributed by atoms with Gasteiger partial charge in [-0.3, -0.25) is 9.59 Å². The average molecular weight is 407 g/mol. The van der Waals surface area contributed by atoms with E-state index in [1.54, 1.807) is 6.07 Å². The molecule has 1 N–H and O–H groups in total. The van der Waals surface area contributed by atoms with Gasteiger partial charge in [0.2, 0.25) is 0 Å². The molecular formula is C22H21N3O5. The highest BCUT2D eigenvalue weighted by atomic mass is 16.5. The van der Waals surface area contributed by atoms with E-state index in [1.807, 2.05) is 24.3 Å². The van der Waals surface area contributed by atoms with Crippen molar-refractivity contribution < 1.29 is 23.6 Å². The first-order valence-corrected chi connectivity index (χ1v) is 9.95. The van der Waals surface area contributed by atoms with E-state index in [1.165, 1.54) is 6.92 Å². The first-order chi connectivity index (χ1) is 14.6. The Morgan fingerprint density at radius 3 is 2.77 bits per heavy atom. The Morgan fingerprint density at radius 1 is 1.23 bits per heavy atom. The van der Waals surface area contributed by atoms with Gasteiger partial charge >= 0.3 is 5.97 Å². The molecule has 1 aromatic heterocycles. The van der Waals surface area contributed by atoms with E-state index in [0.29, 0.717) is 47.8 Å². The lowest BCUT2D eigenvalue weighted by Gasteiger charge is -2.30. The maximum absolute atomic E-state index is 13.4. The molecule has 0 radical (unpaired) electrons. The summed E-state index contributed by atoms with van der Waals surface area (Å²) >= 11 is 0. The van der Waals surface area contributed by atoms with Crippen LogP contribution in [0.4, 0.5) is 11.4 Å². The molecule has 1 saturated heterocycles. The second-order valence-electron chi connectivity index (χ2n) is 7.29. The number of ether oxygens (including phenoxy) is 2. The third-order valence-corrected chi connectivity index (χ3v) is 5.45. The van der Waals surface area contributed by atoms with Crippen molar-refractivity contribution in [2.75, 3.05) is 49.7 Å². The fourth-order valence-electron chi connectivity index (χ4n) is 4.11. The molecule has 1 aliphatic carbocycles. The van der Waals surface area contributed by atoms with E-state index in [-0.39, 0.29) is 18.4 Å². The van der Waals surface area contributed by atoms with Crippen LogP contribution in [0.1, 0.15) is 22.8 Å². The minimum absolute atomic E-state index is 0.0742. The SMILES string of the molecule is CC(=O)OCCNc1cc(N2CCOCC2)c2noc3c2c1C(=O)c1ccccc1-3. The molecule has 8 heteroatoms. The van der Waals surface area contributed by atoms with Crippen molar-refractivity contribution in [1.29, 1.82) is 0 Å². The third kappa shape index (κ3) is 3.00. The summed E-state index contributed by atoms with van der Waals surface area (Å²) in [6.07, 6.45) is 0. The van der Waals surface area contributed by atoms with Crippen molar-refractivity contribution in [2.24, 2.45) is 0 Å². The van der Waals surface area contributed by atoms with Crippen molar-refractivity contribution in [3.8, 4) is 11.3 Å². The molecule has 5 rings (SSSR count). The molecular weight excluding hydrogens is 386 g/mol. The molecule has 30 heavy (non-hydrogen) atoms. The number of fused-ring (bicyclic) bond motifs is 2. The number of carbonyl (C=O) groups excluding carboxylic acids is 2. The predicted molar refractivity (Wildman–Crippen MR) is 111 cm³/mol. The van der Waals surface area contributed by atoms with Crippen molar-refractivity contribution in [3.05, 3.63) is 41.5 Å². The summed E-state index contributed by atoms with van der Waals surface area (Å²) in [4.78, 5) is 26.7. The van der Waals surface area contributed by atoms with Crippen LogP contribution < -0.4 is 10.2 Å². The highest BCUT2D eigenvalue weighted by Gasteiger charge is 2.33. The Hall–Kier alpha value is -3.39. The molecule has 2 aliphatic rings. The number of ketones is 1. The van der Waals surface area contributed by atoms with Gasteiger partial charge in [0.25, 0.3) is 0 Å². The Labute approximate surface area is 172 Å². The zero-order valence-corrected chi connectivity index (χ0v) is 16.6. The number of hydrogen-bond donors (Lipinski definition) is 1. The van der Waals surface area contributed by atoms with Gasteiger partial charge in [-0.1, -0.05) is 29.4 Å². The first-order valence-electron chi connectivity index (χ1n) is 9.95. The Balaban J connectivity index is 1.66. The highest BCUT2D eigenvalue weighted by molar-refractivity contribution is 6.28. The topological polar surface area (TPSA) is 93.9 Å². The quantitative estimate of drug-likeness (QED) is 0.399. The molecule has 1 aliphatic heterocycles. The fraction of sp³-hybridized carbons (Fsp3) is 0.318. The van der Waals surface area contributed by atoms with Crippen LogP contribution in [0.25, 0.3) is 22.2 Å². The highest BCUT2D eigenvalue weighted by Crippen LogP contribution is 2.45. The second kappa shape index (κ2) is 7.46. The van der Waals surface area contributed by atoms with Crippen molar-refractivity contribution in [2.45, 2.75) is 6.92 Å². The third-order valence-electron chi connectivity index (χ3n) is 5.45. The maximum Gasteiger partial charge on any atom is 0.302 e. The van der Waals surface area contributed by atoms with Gasteiger partial charge in [0.15, 0.2) is 11.5 Å². The summed E-state index contributed by atoms with van der Waals surface area (Å²) in [6, 6.07) is 9.34. The Morgan fingerprint density at radius 2 is 2.00 bits per heavy atom. The van der Waals surface area contributed by atoms with Gasteiger partial charge in [-0.25, -0.2) is 0 Å². The number of carbonyl (C=O) groups is 2. The summed E-state index contributed by atoms with van der Waals surface area (Å²) in [7, 11) is 0. The van der Waals surface area contributed by atoms with Crippen LogP contribution in [-0.4, -0.2) is 56.4 Å². The number of aromatic nitrogens is 1. The summed E-state index contributed by atoms with van der Waals surface area (Å²) in [6.45, 7) is 4.69. The smallest absolute Gasteiger partial charge is 0.302 e. The van der Waals surface area contributed by atoms with Gasteiger partial charge in [-0.05, 0) is 6.07 Å². The minimum Gasteiger partial charge on any atom is -0.464 e. The summed E-state index contributed by atoms with van der Waals surface area (Å²) < 4.78 is 16.3.